The minimum absolute atomic E-state index is 0.355. The van der Waals surface area contributed by atoms with E-state index in [1.807, 2.05) is 109 Å². The van der Waals surface area contributed by atoms with E-state index in [1.54, 1.807) is 12.1 Å². The number of nitrogens with zero attached hydrogens (tertiary/aromatic N) is 4. The maximum Gasteiger partial charge on any atom is 0.212 e. The molecule has 0 bridgehead atoms. The summed E-state index contributed by atoms with van der Waals surface area (Å²) < 4.78 is 27.9. The Balaban J connectivity index is 0.970. The fourth-order valence-corrected chi connectivity index (χ4v) is 11.2. The van der Waals surface area contributed by atoms with Crippen molar-refractivity contribution in [2.45, 2.75) is 0 Å². The molecule has 0 N–H and O–H groups in total. The molecule has 0 spiro atoms. The second-order valence-electron chi connectivity index (χ2n) is 19.0. The van der Waals surface area contributed by atoms with E-state index < -0.39 is 0 Å². The van der Waals surface area contributed by atoms with Gasteiger partial charge >= 0.3 is 0 Å². The molecule has 8 heteroatoms. The number of para-hydroxylation sites is 4. The maximum atomic E-state index is 11.4. The minimum atomic E-state index is 0.355. The van der Waals surface area contributed by atoms with Crippen molar-refractivity contribution in [3.05, 3.63) is 248 Å². The van der Waals surface area contributed by atoms with Gasteiger partial charge in [0.25, 0.3) is 0 Å². The Bertz CT molecular complexity index is 4930. The van der Waals surface area contributed by atoms with Gasteiger partial charge in [-0.2, -0.15) is 5.26 Å². The van der Waals surface area contributed by atoms with Crippen LogP contribution >= 0.6 is 0 Å². The van der Waals surface area contributed by atoms with Crippen molar-refractivity contribution in [3.8, 4) is 45.5 Å². The molecular weight excluding hydrogens is 937 g/mol. The summed E-state index contributed by atoms with van der Waals surface area (Å²) in [6, 6.07) is 79.6. The van der Waals surface area contributed by atoms with Crippen LogP contribution in [-0.4, -0.2) is 4.57 Å². The van der Waals surface area contributed by atoms with Gasteiger partial charge in [-0.1, -0.05) is 121 Å². The lowest BCUT2D eigenvalue weighted by atomic mass is 10.00. The first-order valence-electron chi connectivity index (χ1n) is 25.0. The summed E-state index contributed by atoms with van der Waals surface area (Å²) >= 11 is 0. The predicted octanol–water partition coefficient (Wildman–Crippen LogP) is 19.5. The zero-order chi connectivity index (χ0) is 50.4. The molecule has 76 heavy (non-hydrogen) atoms. The monoisotopic (exact) mass is 974 g/mol. The average Bonchev–Trinajstić information content (AvgIpc) is 4.28. The fraction of sp³-hybridized carbons (Fsp3) is 0. The van der Waals surface area contributed by atoms with E-state index in [1.165, 1.54) is 0 Å². The van der Waals surface area contributed by atoms with E-state index in [-0.39, 0.29) is 0 Å². The highest BCUT2D eigenvalue weighted by atomic mass is 16.5. The van der Waals surface area contributed by atoms with Crippen LogP contribution in [0.1, 0.15) is 5.56 Å². The second kappa shape index (κ2) is 16.9. The molecule has 0 radical (unpaired) electrons. The number of benzene rings is 11. The van der Waals surface area contributed by atoms with Crippen LogP contribution in [0.25, 0.3) is 120 Å². The Kier molecular flexibility index (Phi) is 9.52. The van der Waals surface area contributed by atoms with Crippen molar-refractivity contribution in [3.63, 3.8) is 0 Å². The Morgan fingerprint density at radius 1 is 0.434 bits per heavy atom. The van der Waals surface area contributed by atoms with Crippen molar-refractivity contribution in [1.82, 2.24) is 4.57 Å². The first-order valence-corrected chi connectivity index (χ1v) is 25.0. The third kappa shape index (κ3) is 6.69. The number of ether oxygens (including phenoxy) is 1. The summed E-state index contributed by atoms with van der Waals surface area (Å²) in [7, 11) is 0. The van der Waals surface area contributed by atoms with Gasteiger partial charge in [0.2, 0.25) is 5.69 Å². The Morgan fingerprint density at radius 2 is 0.974 bits per heavy atom. The molecular formula is C68H38N4O4. The largest absolute Gasteiger partial charge is 0.457 e. The number of furan rings is 3. The lowest BCUT2D eigenvalue weighted by Crippen LogP contribution is -2.14. The minimum Gasteiger partial charge on any atom is -0.457 e. The standard InChI is InChI=1S/C68H38N4O4/c1-70-57-33-23-45(40-69)66(67(57)71(47-28-31-53-50-13-5-8-16-60(50)75-64(53)39-47)46-26-19-41(20-27-46)42-21-29-49(30-22-42)73-48-11-3-2-4-12-48)72-58-34-24-43(44-25-36-63-55(37-44)52-15-7-9-17-61(52)74-63)38-56(58)65-59(72)35-32-54-51-14-6-10-18-62(51)76-68(54)65/h2-39H. The van der Waals surface area contributed by atoms with Crippen LogP contribution < -0.4 is 9.64 Å². The maximum absolute atomic E-state index is 11.4. The summed E-state index contributed by atoms with van der Waals surface area (Å²) in [5.41, 5.74) is 13.7. The molecule has 11 aromatic carbocycles. The molecule has 0 unspecified atom stereocenters. The molecule has 15 aromatic rings. The molecule has 15 rings (SSSR count). The summed E-state index contributed by atoms with van der Waals surface area (Å²) in [6.07, 6.45) is 0. The number of nitriles is 1. The van der Waals surface area contributed by atoms with Gasteiger partial charge in [0, 0.05) is 55.1 Å². The van der Waals surface area contributed by atoms with Crippen molar-refractivity contribution < 1.29 is 18.0 Å². The van der Waals surface area contributed by atoms with Crippen LogP contribution in [0.15, 0.2) is 244 Å². The van der Waals surface area contributed by atoms with Gasteiger partial charge < -0.3 is 27.5 Å². The summed E-state index contributed by atoms with van der Waals surface area (Å²) in [6.45, 7) is 8.86. The number of fused-ring (bicyclic) bond motifs is 13. The number of aromatic nitrogens is 1. The zero-order valence-electron chi connectivity index (χ0n) is 40.4. The van der Waals surface area contributed by atoms with E-state index in [0.29, 0.717) is 28.2 Å². The Hall–Kier alpha value is -10.8. The van der Waals surface area contributed by atoms with Gasteiger partial charge in [-0.25, -0.2) is 4.85 Å². The van der Waals surface area contributed by atoms with E-state index in [9.17, 15) is 5.26 Å². The molecule has 0 aliphatic heterocycles. The zero-order valence-corrected chi connectivity index (χ0v) is 40.4. The number of hydrogen-bond acceptors (Lipinski definition) is 6. The molecule has 4 heterocycles. The van der Waals surface area contributed by atoms with Gasteiger partial charge in [0.05, 0.1) is 39.9 Å². The van der Waals surface area contributed by atoms with Crippen molar-refractivity contribution in [1.29, 1.82) is 5.26 Å². The molecule has 4 aromatic heterocycles. The third-order valence-electron chi connectivity index (χ3n) is 14.7. The van der Waals surface area contributed by atoms with Gasteiger partial charge in [0.15, 0.2) is 0 Å². The van der Waals surface area contributed by atoms with Gasteiger partial charge in [-0.3, -0.25) is 0 Å². The van der Waals surface area contributed by atoms with Gasteiger partial charge in [-0.05, 0) is 125 Å². The first kappa shape index (κ1) is 42.8. The van der Waals surface area contributed by atoms with E-state index in [2.05, 4.69) is 130 Å². The van der Waals surface area contributed by atoms with Gasteiger partial charge in [-0.15, -0.1) is 0 Å². The van der Waals surface area contributed by atoms with Crippen molar-refractivity contribution in [2.24, 2.45) is 0 Å². The van der Waals surface area contributed by atoms with Crippen LogP contribution in [0.2, 0.25) is 0 Å². The molecule has 0 fully saturated rings. The molecule has 354 valence electrons. The Morgan fingerprint density at radius 3 is 1.70 bits per heavy atom. The fourth-order valence-electron chi connectivity index (χ4n) is 11.2. The third-order valence-corrected chi connectivity index (χ3v) is 14.7. The molecule has 0 aliphatic carbocycles. The molecule has 0 saturated carbocycles. The lowest BCUT2D eigenvalue weighted by molar-refractivity contribution is 0.483. The van der Waals surface area contributed by atoms with Crippen LogP contribution in [-0.2, 0) is 0 Å². The molecule has 0 amide bonds. The number of hydrogen-bond donors (Lipinski definition) is 0. The lowest BCUT2D eigenvalue weighted by Gasteiger charge is -2.30. The molecule has 8 nitrogen and oxygen atoms in total. The smallest absolute Gasteiger partial charge is 0.212 e. The number of anilines is 3. The second-order valence-corrected chi connectivity index (χ2v) is 19.0. The van der Waals surface area contributed by atoms with Crippen LogP contribution in [0.5, 0.6) is 11.5 Å². The highest BCUT2D eigenvalue weighted by molar-refractivity contribution is 6.25. The molecule has 0 aliphatic rings. The van der Waals surface area contributed by atoms with Crippen molar-refractivity contribution in [2.75, 3.05) is 4.90 Å². The van der Waals surface area contributed by atoms with Crippen LogP contribution in [0.3, 0.4) is 0 Å². The SMILES string of the molecule is [C-]#[N+]c1ccc(C#N)c(-n2c3ccc(-c4ccc5oc6ccccc6c5c4)cc3c3c4oc5ccccc5c4ccc32)c1N(c1ccc(-c2ccc(Oc3ccccc3)cc2)cc1)c1ccc2c(c1)oc1ccccc12. The van der Waals surface area contributed by atoms with E-state index >= 15 is 0 Å². The van der Waals surface area contributed by atoms with Crippen LogP contribution in [0, 0.1) is 17.9 Å². The van der Waals surface area contributed by atoms with E-state index in [0.717, 1.165) is 127 Å². The summed E-state index contributed by atoms with van der Waals surface area (Å²) in [5, 5.41) is 19.2. The molecule has 0 saturated heterocycles. The normalized spacial score (nSPS) is 11.7. The average molecular weight is 975 g/mol. The number of rotatable bonds is 8. The predicted molar refractivity (Wildman–Crippen MR) is 306 cm³/mol. The molecule has 0 atom stereocenters. The van der Waals surface area contributed by atoms with Crippen molar-refractivity contribution >= 4 is 110 Å². The Labute approximate surface area is 434 Å². The highest BCUT2D eigenvalue weighted by Gasteiger charge is 2.29. The quantitative estimate of drug-likeness (QED) is 0.141. The van der Waals surface area contributed by atoms with Gasteiger partial charge in [0.1, 0.15) is 51.1 Å². The highest BCUT2D eigenvalue weighted by Crippen LogP contribution is 2.51. The van der Waals surface area contributed by atoms with Crippen LogP contribution in [0.4, 0.5) is 22.7 Å². The van der Waals surface area contributed by atoms with E-state index in [4.69, 9.17) is 24.6 Å². The first-order chi connectivity index (χ1) is 37.6. The topological polar surface area (TPSA) is 85.0 Å². The summed E-state index contributed by atoms with van der Waals surface area (Å²) in [4.78, 5) is 6.34. The summed E-state index contributed by atoms with van der Waals surface area (Å²) in [5.74, 6) is 1.51.